The van der Waals surface area contributed by atoms with Crippen molar-refractivity contribution in [3.8, 4) is 0 Å². The highest BCUT2D eigenvalue weighted by Gasteiger charge is 2.27. The first-order chi connectivity index (χ1) is 8.90. The quantitative estimate of drug-likeness (QED) is 0.565. The molecule has 2 N–H and O–H groups in total. The van der Waals surface area contributed by atoms with E-state index in [4.69, 9.17) is 0 Å². The van der Waals surface area contributed by atoms with E-state index in [-0.39, 0.29) is 11.3 Å². The zero-order valence-corrected chi connectivity index (χ0v) is 13.6. The molecular weight excluding hydrogens is 236 g/mol. The maximum atomic E-state index is 12.1. The second kappa shape index (κ2) is 10.2. The maximum Gasteiger partial charge on any atom is 0.225 e. The fraction of sp³-hybridized carbons (Fsp3) is 0.938. The molecule has 0 fully saturated rings. The van der Waals surface area contributed by atoms with Crippen molar-refractivity contribution >= 4 is 5.91 Å². The van der Waals surface area contributed by atoms with Crippen LogP contribution in [0.3, 0.4) is 0 Å². The van der Waals surface area contributed by atoms with E-state index in [0.29, 0.717) is 5.92 Å². The highest BCUT2D eigenvalue weighted by Crippen LogP contribution is 2.25. The van der Waals surface area contributed by atoms with Gasteiger partial charge in [-0.3, -0.25) is 4.79 Å². The number of hydrogen-bond acceptors (Lipinski definition) is 2. The van der Waals surface area contributed by atoms with E-state index >= 15 is 0 Å². The van der Waals surface area contributed by atoms with E-state index in [9.17, 15) is 4.79 Å². The van der Waals surface area contributed by atoms with Crippen molar-refractivity contribution in [3.05, 3.63) is 0 Å². The smallest absolute Gasteiger partial charge is 0.225 e. The summed E-state index contributed by atoms with van der Waals surface area (Å²) in [7, 11) is 1.99. The van der Waals surface area contributed by atoms with E-state index in [1.807, 2.05) is 20.9 Å². The molecule has 19 heavy (non-hydrogen) atoms. The second-order valence-electron chi connectivity index (χ2n) is 6.61. The minimum Gasteiger partial charge on any atom is -0.356 e. The van der Waals surface area contributed by atoms with Crippen molar-refractivity contribution in [2.45, 2.75) is 66.2 Å². The lowest BCUT2D eigenvalue weighted by molar-refractivity contribution is -0.130. The summed E-state index contributed by atoms with van der Waals surface area (Å²) in [5.74, 6) is 0.768. The average Bonchev–Trinajstić information content (AvgIpc) is 2.30. The van der Waals surface area contributed by atoms with Gasteiger partial charge in [-0.2, -0.15) is 0 Å². The molecule has 1 amide bonds. The summed E-state index contributed by atoms with van der Waals surface area (Å²) >= 11 is 0. The summed E-state index contributed by atoms with van der Waals surface area (Å²) in [4.78, 5) is 12.1. The Hall–Kier alpha value is -0.570. The molecule has 0 aromatic heterocycles. The van der Waals surface area contributed by atoms with Crippen molar-refractivity contribution < 1.29 is 4.79 Å². The van der Waals surface area contributed by atoms with Crippen molar-refractivity contribution in [1.82, 2.24) is 10.6 Å². The Bertz CT molecular complexity index is 237. The third kappa shape index (κ3) is 9.94. The summed E-state index contributed by atoms with van der Waals surface area (Å²) in [6.45, 7) is 10.4. The summed E-state index contributed by atoms with van der Waals surface area (Å²) < 4.78 is 0. The van der Waals surface area contributed by atoms with E-state index in [1.54, 1.807) is 0 Å². The number of carbonyl (C=O) groups excluding carboxylic acids is 1. The monoisotopic (exact) mass is 270 g/mol. The topological polar surface area (TPSA) is 41.1 Å². The third-order valence-electron chi connectivity index (χ3n) is 3.42. The number of amides is 1. The van der Waals surface area contributed by atoms with Gasteiger partial charge in [0.15, 0.2) is 0 Å². The van der Waals surface area contributed by atoms with Gasteiger partial charge in [-0.05, 0) is 38.8 Å². The number of rotatable bonds is 11. The lowest BCUT2D eigenvalue weighted by Crippen LogP contribution is -2.38. The standard InChI is InChI=1S/C16H34N2O/c1-14(2)13-16(3,4)15(19)18-12-10-8-6-7-9-11-17-5/h14,17H,6-13H2,1-5H3,(H,18,19). The van der Waals surface area contributed by atoms with Crippen LogP contribution < -0.4 is 10.6 Å². The van der Waals surface area contributed by atoms with Gasteiger partial charge >= 0.3 is 0 Å². The Labute approximate surface area is 119 Å². The summed E-state index contributed by atoms with van der Waals surface area (Å²) in [5.41, 5.74) is -0.235. The summed E-state index contributed by atoms with van der Waals surface area (Å²) in [6, 6.07) is 0. The van der Waals surface area contributed by atoms with Crippen LogP contribution in [0.5, 0.6) is 0 Å². The Morgan fingerprint density at radius 2 is 1.53 bits per heavy atom. The molecule has 0 aliphatic rings. The summed E-state index contributed by atoms with van der Waals surface area (Å²) in [6.07, 6.45) is 7.07. The minimum absolute atomic E-state index is 0.205. The molecule has 0 aromatic rings. The first-order valence-electron chi connectivity index (χ1n) is 7.83. The van der Waals surface area contributed by atoms with Gasteiger partial charge in [0.2, 0.25) is 5.91 Å². The van der Waals surface area contributed by atoms with E-state index in [2.05, 4.69) is 24.5 Å². The van der Waals surface area contributed by atoms with Crippen LogP contribution >= 0.6 is 0 Å². The lowest BCUT2D eigenvalue weighted by Gasteiger charge is -2.25. The van der Waals surface area contributed by atoms with Crippen LogP contribution in [0.25, 0.3) is 0 Å². The Morgan fingerprint density at radius 1 is 1.00 bits per heavy atom. The largest absolute Gasteiger partial charge is 0.356 e. The van der Waals surface area contributed by atoms with Crippen LogP contribution in [-0.4, -0.2) is 26.0 Å². The molecule has 0 atom stereocenters. The molecule has 0 radical (unpaired) electrons. The predicted octanol–water partition coefficient (Wildman–Crippen LogP) is 3.34. The molecule has 0 aromatic carbocycles. The maximum absolute atomic E-state index is 12.1. The van der Waals surface area contributed by atoms with Gasteiger partial charge in [-0.25, -0.2) is 0 Å². The predicted molar refractivity (Wildman–Crippen MR) is 83.3 cm³/mol. The molecule has 0 heterocycles. The van der Waals surface area contributed by atoms with Crippen LogP contribution in [0.1, 0.15) is 66.2 Å². The van der Waals surface area contributed by atoms with Crippen LogP contribution in [0.15, 0.2) is 0 Å². The van der Waals surface area contributed by atoms with Gasteiger partial charge < -0.3 is 10.6 Å². The number of carbonyl (C=O) groups is 1. The molecular formula is C16H34N2O. The number of unbranched alkanes of at least 4 members (excludes halogenated alkanes) is 4. The van der Waals surface area contributed by atoms with E-state index in [1.165, 1.54) is 25.7 Å². The van der Waals surface area contributed by atoms with Crippen LogP contribution in [0.2, 0.25) is 0 Å². The Morgan fingerprint density at radius 3 is 2.05 bits per heavy atom. The first-order valence-corrected chi connectivity index (χ1v) is 7.83. The summed E-state index contributed by atoms with van der Waals surface area (Å²) in [5, 5.41) is 6.24. The minimum atomic E-state index is -0.235. The fourth-order valence-corrected chi connectivity index (χ4v) is 2.51. The third-order valence-corrected chi connectivity index (χ3v) is 3.42. The Balaban J connectivity index is 3.58. The van der Waals surface area contributed by atoms with Gasteiger partial charge in [0.25, 0.3) is 0 Å². The van der Waals surface area contributed by atoms with Crippen molar-refractivity contribution in [2.75, 3.05) is 20.1 Å². The zero-order valence-electron chi connectivity index (χ0n) is 13.6. The van der Waals surface area contributed by atoms with Crippen LogP contribution in [-0.2, 0) is 4.79 Å². The van der Waals surface area contributed by atoms with E-state index < -0.39 is 0 Å². The molecule has 0 aliphatic heterocycles. The lowest BCUT2D eigenvalue weighted by atomic mass is 9.83. The molecule has 0 saturated heterocycles. The molecule has 0 saturated carbocycles. The second-order valence-corrected chi connectivity index (χ2v) is 6.61. The highest BCUT2D eigenvalue weighted by molar-refractivity contribution is 5.81. The zero-order chi connectivity index (χ0) is 14.7. The molecule has 0 bridgehead atoms. The van der Waals surface area contributed by atoms with Gasteiger partial charge in [0.1, 0.15) is 0 Å². The fourth-order valence-electron chi connectivity index (χ4n) is 2.51. The number of hydrogen-bond donors (Lipinski definition) is 2. The van der Waals surface area contributed by atoms with Crippen molar-refractivity contribution in [1.29, 1.82) is 0 Å². The molecule has 3 nitrogen and oxygen atoms in total. The molecule has 3 heteroatoms. The first kappa shape index (κ1) is 18.4. The van der Waals surface area contributed by atoms with Gasteiger partial charge in [0.05, 0.1) is 0 Å². The highest BCUT2D eigenvalue weighted by atomic mass is 16.2. The average molecular weight is 270 g/mol. The van der Waals surface area contributed by atoms with Crippen LogP contribution in [0.4, 0.5) is 0 Å². The van der Waals surface area contributed by atoms with Gasteiger partial charge in [-0.15, -0.1) is 0 Å². The van der Waals surface area contributed by atoms with Crippen LogP contribution in [0, 0.1) is 11.3 Å². The molecule has 0 rings (SSSR count). The van der Waals surface area contributed by atoms with Crippen molar-refractivity contribution in [2.24, 2.45) is 11.3 Å². The molecule has 0 aliphatic carbocycles. The van der Waals surface area contributed by atoms with Gasteiger partial charge in [-0.1, -0.05) is 47.0 Å². The molecule has 0 unspecified atom stereocenters. The Kier molecular flexibility index (Phi) is 9.94. The molecule has 114 valence electrons. The van der Waals surface area contributed by atoms with Crippen molar-refractivity contribution in [3.63, 3.8) is 0 Å². The normalized spacial score (nSPS) is 11.9. The van der Waals surface area contributed by atoms with E-state index in [0.717, 1.165) is 25.9 Å². The van der Waals surface area contributed by atoms with Gasteiger partial charge in [0, 0.05) is 12.0 Å². The molecule has 0 spiro atoms. The number of nitrogens with one attached hydrogen (secondary N) is 2. The SMILES string of the molecule is CNCCCCCCCNC(=O)C(C)(C)CC(C)C.